The second-order valence-electron chi connectivity index (χ2n) is 4.80. The van der Waals surface area contributed by atoms with Gasteiger partial charge in [0, 0.05) is 15.1 Å². The maximum absolute atomic E-state index is 6.21. The lowest BCUT2D eigenvalue weighted by atomic mass is 9.92. The summed E-state index contributed by atoms with van der Waals surface area (Å²) < 4.78 is 0. The van der Waals surface area contributed by atoms with E-state index in [9.17, 15) is 0 Å². The van der Waals surface area contributed by atoms with Gasteiger partial charge in [0.1, 0.15) is 0 Å². The van der Waals surface area contributed by atoms with Crippen molar-refractivity contribution in [2.24, 2.45) is 11.7 Å². The van der Waals surface area contributed by atoms with Crippen LogP contribution in [-0.4, -0.2) is 6.54 Å². The van der Waals surface area contributed by atoms with Crippen LogP contribution in [0, 0.1) is 5.92 Å². The van der Waals surface area contributed by atoms with Crippen molar-refractivity contribution in [2.75, 3.05) is 6.54 Å². The van der Waals surface area contributed by atoms with Crippen molar-refractivity contribution in [3.8, 4) is 0 Å². The molecule has 2 rings (SSSR count). The first-order valence-electron chi connectivity index (χ1n) is 6.48. The summed E-state index contributed by atoms with van der Waals surface area (Å²) in [6.07, 6.45) is 1.57. The van der Waals surface area contributed by atoms with Crippen molar-refractivity contribution in [1.82, 2.24) is 0 Å². The van der Waals surface area contributed by atoms with Gasteiger partial charge in [0.25, 0.3) is 0 Å². The number of nitrogens with two attached hydrogens (primary N) is 1. The molecule has 2 N–H and O–H groups in total. The van der Waals surface area contributed by atoms with E-state index in [1.54, 1.807) is 0 Å². The highest BCUT2D eigenvalue weighted by Crippen LogP contribution is 2.28. The fourth-order valence-corrected chi connectivity index (χ4v) is 2.99. The molecule has 2 aromatic carbocycles. The van der Waals surface area contributed by atoms with Crippen LogP contribution in [-0.2, 0) is 12.8 Å². The van der Waals surface area contributed by atoms with Crippen LogP contribution in [0.3, 0.4) is 0 Å². The molecular formula is C16H16Cl3N. The Hall–Kier alpha value is -0.730. The third-order valence-corrected chi connectivity index (χ3v) is 4.43. The van der Waals surface area contributed by atoms with Gasteiger partial charge in [-0.25, -0.2) is 0 Å². The minimum absolute atomic E-state index is 0.257. The minimum atomic E-state index is 0.257. The average Bonchev–Trinajstić information content (AvgIpc) is 2.44. The average molecular weight is 329 g/mol. The maximum atomic E-state index is 6.21. The quantitative estimate of drug-likeness (QED) is 0.820. The second-order valence-corrected chi connectivity index (χ2v) is 6.02. The highest BCUT2D eigenvalue weighted by molar-refractivity contribution is 6.36. The topological polar surface area (TPSA) is 26.0 Å². The molecule has 0 radical (unpaired) electrons. The number of rotatable bonds is 5. The van der Waals surface area contributed by atoms with Crippen molar-refractivity contribution in [1.29, 1.82) is 0 Å². The van der Waals surface area contributed by atoms with Crippen LogP contribution >= 0.6 is 34.8 Å². The highest BCUT2D eigenvalue weighted by Gasteiger charge is 2.15. The summed E-state index contributed by atoms with van der Waals surface area (Å²) in [5, 5.41) is 2.15. The van der Waals surface area contributed by atoms with E-state index in [2.05, 4.69) is 0 Å². The van der Waals surface area contributed by atoms with Gasteiger partial charge >= 0.3 is 0 Å². The molecule has 1 atom stereocenters. The molecule has 0 bridgehead atoms. The zero-order valence-corrected chi connectivity index (χ0v) is 13.2. The van der Waals surface area contributed by atoms with E-state index in [0.29, 0.717) is 16.6 Å². The standard InChI is InChI=1S/C16H16Cl3N/c17-14-5-2-1-4-12(14)8-11(10-20)9-13-15(18)6-3-7-16(13)19/h1-7,11H,8-10,20H2. The molecule has 0 spiro atoms. The first kappa shape index (κ1) is 15.7. The lowest BCUT2D eigenvalue weighted by Crippen LogP contribution is -2.20. The van der Waals surface area contributed by atoms with Crippen LogP contribution in [0.25, 0.3) is 0 Å². The molecule has 1 unspecified atom stereocenters. The van der Waals surface area contributed by atoms with Crippen molar-refractivity contribution >= 4 is 34.8 Å². The molecule has 0 heterocycles. The molecular weight excluding hydrogens is 313 g/mol. The summed E-state index contributed by atoms with van der Waals surface area (Å²) in [5.74, 6) is 0.257. The van der Waals surface area contributed by atoms with Crippen LogP contribution in [0.15, 0.2) is 42.5 Å². The summed E-state index contributed by atoms with van der Waals surface area (Å²) in [6, 6.07) is 13.4. The van der Waals surface area contributed by atoms with Gasteiger partial charge in [0.15, 0.2) is 0 Å². The Labute approximate surface area is 134 Å². The van der Waals surface area contributed by atoms with Crippen molar-refractivity contribution in [3.05, 3.63) is 68.7 Å². The third kappa shape index (κ3) is 3.89. The zero-order chi connectivity index (χ0) is 14.5. The summed E-state index contributed by atoms with van der Waals surface area (Å²) in [7, 11) is 0. The molecule has 0 aliphatic carbocycles. The Morgan fingerprint density at radius 3 is 2.00 bits per heavy atom. The summed E-state index contributed by atoms with van der Waals surface area (Å²) in [6.45, 7) is 0.562. The fourth-order valence-electron chi connectivity index (χ4n) is 2.23. The van der Waals surface area contributed by atoms with E-state index in [4.69, 9.17) is 40.5 Å². The first-order chi connectivity index (χ1) is 9.61. The van der Waals surface area contributed by atoms with Gasteiger partial charge in [-0.1, -0.05) is 59.1 Å². The van der Waals surface area contributed by atoms with E-state index < -0.39 is 0 Å². The lowest BCUT2D eigenvalue weighted by molar-refractivity contribution is 0.533. The Morgan fingerprint density at radius 1 is 0.800 bits per heavy atom. The van der Waals surface area contributed by atoms with E-state index in [-0.39, 0.29) is 5.92 Å². The number of halogens is 3. The van der Waals surface area contributed by atoms with E-state index >= 15 is 0 Å². The Balaban J connectivity index is 2.16. The van der Waals surface area contributed by atoms with E-state index in [1.165, 1.54) is 0 Å². The number of benzene rings is 2. The smallest absolute Gasteiger partial charge is 0.0452 e. The predicted octanol–water partition coefficient (Wildman–Crippen LogP) is 5.01. The Bertz CT molecular complexity index is 563. The van der Waals surface area contributed by atoms with Crippen molar-refractivity contribution in [2.45, 2.75) is 12.8 Å². The Kier molecular flexibility index (Phi) is 5.74. The zero-order valence-electron chi connectivity index (χ0n) is 11.0. The van der Waals surface area contributed by atoms with Gasteiger partial charge in [-0.15, -0.1) is 0 Å². The molecule has 0 aromatic heterocycles. The fraction of sp³-hybridized carbons (Fsp3) is 0.250. The third-order valence-electron chi connectivity index (χ3n) is 3.35. The molecule has 0 amide bonds. The summed E-state index contributed by atoms with van der Waals surface area (Å²) in [5.41, 5.74) is 7.95. The van der Waals surface area contributed by atoms with Gasteiger partial charge < -0.3 is 5.73 Å². The van der Waals surface area contributed by atoms with Gasteiger partial charge in [0.2, 0.25) is 0 Å². The molecule has 20 heavy (non-hydrogen) atoms. The van der Waals surface area contributed by atoms with Crippen molar-refractivity contribution in [3.63, 3.8) is 0 Å². The van der Waals surface area contributed by atoms with Crippen LogP contribution in [0.4, 0.5) is 0 Å². The van der Waals surface area contributed by atoms with Crippen molar-refractivity contribution < 1.29 is 0 Å². The predicted molar refractivity (Wildman–Crippen MR) is 87.9 cm³/mol. The summed E-state index contributed by atoms with van der Waals surface area (Å²) >= 11 is 18.6. The SMILES string of the molecule is NCC(Cc1ccccc1Cl)Cc1c(Cl)cccc1Cl. The molecule has 0 saturated carbocycles. The van der Waals surface area contributed by atoms with Crippen LogP contribution in [0.5, 0.6) is 0 Å². The molecule has 106 valence electrons. The highest BCUT2D eigenvalue weighted by atomic mass is 35.5. The normalized spacial score (nSPS) is 12.4. The molecule has 2 aromatic rings. The first-order valence-corrected chi connectivity index (χ1v) is 7.61. The monoisotopic (exact) mass is 327 g/mol. The van der Waals surface area contributed by atoms with Gasteiger partial charge in [0.05, 0.1) is 0 Å². The molecule has 0 aliphatic rings. The lowest BCUT2D eigenvalue weighted by Gasteiger charge is -2.17. The minimum Gasteiger partial charge on any atom is -0.330 e. The summed E-state index contributed by atoms with van der Waals surface area (Å²) in [4.78, 5) is 0. The number of hydrogen-bond acceptors (Lipinski definition) is 1. The van der Waals surface area contributed by atoms with Gasteiger partial charge in [-0.05, 0) is 54.6 Å². The second kappa shape index (κ2) is 7.33. The maximum Gasteiger partial charge on any atom is 0.0452 e. The van der Waals surface area contributed by atoms with Crippen LogP contribution in [0.2, 0.25) is 15.1 Å². The van der Waals surface area contributed by atoms with E-state index in [1.807, 2.05) is 42.5 Å². The largest absolute Gasteiger partial charge is 0.330 e. The van der Waals surface area contributed by atoms with Crippen LogP contribution < -0.4 is 5.73 Å². The molecule has 0 aliphatic heterocycles. The molecule has 4 heteroatoms. The van der Waals surface area contributed by atoms with Gasteiger partial charge in [-0.3, -0.25) is 0 Å². The molecule has 1 nitrogen and oxygen atoms in total. The molecule has 0 fully saturated rings. The van der Waals surface area contributed by atoms with Gasteiger partial charge in [-0.2, -0.15) is 0 Å². The Morgan fingerprint density at radius 2 is 1.40 bits per heavy atom. The number of hydrogen-bond donors (Lipinski definition) is 1. The van der Waals surface area contributed by atoms with Crippen LogP contribution in [0.1, 0.15) is 11.1 Å². The van der Waals surface area contributed by atoms with E-state index in [0.717, 1.165) is 29.0 Å². The molecule has 0 saturated heterocycles.